The molecule has 124 valence electrons. The van der Waals surface area contributed by atoms with Gasteiger partial charge in [-0.3, -0.25) is 4.79 Å². The quantitative estimate of drug-likeness (QED) is 0.713. The van der Waals surface area contributed by atoms with Crippen molar-refractivity contribution >= 4 is 17.8 Å². The maximum Gasteiger partial charge on any atom is 0.342 e. The van der Waals surface area contributed by atoms with Crippen LogP contribution in [0.5, 0.6) is 11.5 Å². The standard InChI is InChI=1S/C18H22O5/c1-12-6-5-9-14(19)8-4-2-3-7-13-10-15(20)11-16(21)17(13)18(22)23-12/h3,7,10-12,20-21H,2,4-6,8-9H2,1H3/b7-3-/i1D3,6D2,12D. The van der Waals surface area contributed by atoms with Crippen molar-refractivity contribution < 1.29 is 32.8 Å². The molecule has 1 aromatic carbocycles. The molecule has 1 atom stereocenters. The lowest BCUT2D eigenvalue weighted by molar-refractivity contribution is -0.119. The fourth-order valence-corrected chi connectivity index (χ4v) is 2.23. The number of benzene rings is 1. The summed E-state index contributed by atoms with van der Waals surface area (Å²) < 4.78 is 52.0. The van der Waals surface area contributed by atoms with Crippen LogP contribution in [-0.2, 0) is 9.53 Å². The van der Waals surface area contributed by atoms with Gasteiger partial charge in [0.1, 0.15) is 22.8 Å². The predicted octanol–water partition coefficient (Wildman–Crippen LogP) is 3.58. The van der Waals surface area contributed by atoms with Gasteiger partial charge in [0, 0.05) is 25.8 Å². The first-order valence-corrected chi connectivity index (χ1v) is 7.26. The number of rotatable bonds is 0. The average molecular weight is 324 g/mol. The van der Waals surface area contributed by atoms with Crippen molar-refractivity contribution in [2.75, 3.05) is 0 Å². The van der Waals surface area contributed by atoms with Crippen molar-refractivity contribution in [1.82, 2.24) is 0 Å². The van der Waals surface area contributed by atoms with Crippen LogP contribution in [0.1, 0.15) is 69.5 Å². The van der Waals surface area contributed by atoms with Gasteiger partial charge < -0.3 is 14.9 Å². The highest BCUT2D eigenvalue weighted by atomic mass is 16.5. The van der Waals surface area contributed by atoms with Gasteiger partial charge in [0.2, 0.25) is 0 Å². The number of phenols is 2. The zero-order chi connectivity index (χ0) is 22.0. The van der Waals surface area contributed by atoms with Crippen LogP contribution in [-0.4, -0.2) is 28.0 Å². The van der Waals surface area contributed by atoms with Crippen LogP contribution in [0.25, 0.3) is 6.08 Å². The molecule has 0 amide bonds. The highest BCUT2D eigenvalue weighted by Crippen LogP contribution is 2.29. The van der Waals surface area contributed by atoms with Gasteiger partial charge >= 0.3 is 5.97 Å². The maximum atomic E-state index is 12.7. The highest BCUT2D eigenvalue weighted by Gasteiger charge is 2.20. The second-order valence-electron chi connectivity index (χ2n) is 5.16. The Hall–Kier alpha value is -2.30. The van der Waals surface area contributed by atoms with Crippen LogP contribution in [0.4, 0.5) is 0 Å². The first-order chi connectivity index (χ1) is 13.3. The van der Waals surface area contributed by atoms with Crippen molar-refractivity contribution in [3.05, 3.63) is 29.3 Å². The van der Waals surface area contributed by atoms with E-state index in [1.54, 1.807) is 6.08 Å². The smallest absolute Gasteiger partial charge is 0.342 e. The fraction of sp³-hybridized carbons (Fsp3) is 0.444. The lowest BCUT2D eigenvalue weighted by Gasteiger charge is -2.15. The minimum Gasteiger partial charge on any atom is -0.508 e. The van der Waals surface area contributed by atoms with E-state index in [0.717, 1.165) is 12.1 Å². The average Bonchev–Trinajstić information content (AvgIpc) is 2.57. The van der Waals surface area contributed by atoms with Gasteiger partial charge in [0.25, 0.3) is 0 Å². The third-order valence-corrected chi connectivity index (χ3v) is 3.34. The molecule has 1 heterocycles. The first kappa shape index (κ1) is 10.5. The maximum absolute atomic E-state index is 12.7. The second kappa shape index (κ2) is 7.81. The number of hydrogen-bond donors (Lipinski definition) is 2. The number of ketones is 1. The number of carbonyl (C=O) groups excluding carboxylic acids is 2. The molecule has 1 aromatic rings. The Morgan fingerprint density at radius 1 is 1.30 bits per heavy atom. The molecule has 0 bridgehead atoms. The summed E-state index contributed by atoms with van der Waals surface area (Å²) in [6.07, 6.45) is -3.11. The number of Topliss-reactive ketones (excluding diaryl/α,β-unsaturated/α-hetero) is 1. The Morgan fingerprint density at radius 2 is 2.09 bits per heavy atom. The molecule has 2 rings (SSSR count). The highest BCUT2D eigenvalue weighted by molar-refractivity contribution is 5.97. The molecule has 0 saturated heterocycles. The van der Waals surface area contributed by atoms with Crippen LogP contribution in [0.3, 0.4) is 0 Å². The van der Waals surface area contributed by atoms with Crippen molar-refractivity contribution in [2.45, 2.75) is 51.4 Å². The molecule has 0 saturated carbocycles. The van der Waals surface area contributed by atoms with Gasteiger partial charge in [0.05, 0.1) is 7.45 Å². The number of allylic oxidation sites excluding steroid dienone is 1. The molecule has 0 fully saturated rings. The lowest BCUT2D eigenvalue weighted by Crippen LogP contribution is -2.16. The summed E-state index contributed by atoms with van der Waals surface area (Å²) in [4.78, 5) is 24.7. The van der Waals surface area contributed by atoms with E-state index < -0.39 is 43.0 Å². The molecular formula is C18H22O5. The number of ether oxygens (including phenoxy) is 1. The predicted molar refractivity (Wildman–Crippen MR) is 86.4 cm³/mol. The summed E-state index contributed by atoms with van der Waals surface area (Å²) in [6.45, 7) is -3.38. The number of fused-ring (bicyclic) bond motifs is 1. The molecule has 1 aliphatic rings. The molecule has 23 heavy (non-hydrogen) atoms. The minimum absolute atomic E-state index is 0.00402. The minimum atomic E-state index is -3.38. The number of esters is 1. The number of cyclic esters (lactones) is 1. The molecule has 0 spiro atoms. The third-order valence-electron chi connectivity index (χ3n) is 3.34. The monoisotopic (exact) mass is 324 g/mol. The Morgan fingerprint density at radius 3 is 2.87 bits per heavy atom. The zero-order valence-corrected chi connectivity index (χ0v) is 12.5. The summed E-state index contributed by atoms with van der Waals surface area (Å²) in [5, 5.41) is 19.8. The molecule has 5 heteroatoms. The van der Waals surface area contributed by atoms with Crippen LogP contribution >= 0.6 is 0 Å². The van der Waals surface area contributed by atoms with Crippen molar-refractivity contribution in [1.29, 1.82) is 0 Å². The van der Waals surface area contributed by atoms with E-state index in [1.165, 1.54) is 6.08 Å². The largest absolute Gasteiger partial charge is 0.508 e. The van der Waals surface area contributed by atoms with Gasteiger partial charge in [0.15, 0.2) is 0 Å². The van der Waals surface area contributed by atoms with Crippen LogP contribution in [0.2, 0.25) is 0 Å². The number of carbonyl (C=O) groups is 2. The first-order valence-electron chi connectivity index (χ1n) is 10.3. The topological polar surface area (TPSA) is 83.8 Å². The summed E-state index contributed by atoms with van der Waals surface area (Å²) in [6, 6.07) is 1.99. The molecular weight excluding hydrogens is 296 g/mol. The number of hydrogen-bond acceptors (Lipinski definition) is 5. The summed E-state index contributed by atoms with van der Waals surface area (Å²) in [7, 11) is 0. The van der Waals surface area contributed by atoms with E-state index in [-0.39, 0.29) is 29.9 Å². The van der Waals surface area contributed by atoms with E-state index >= 15 is 0 Å². The van der Waals surface area contributed by atoms with Gasteiger partial charge in [-0.15, -0.1) is 0 Å². The van der Waals surface area contributed by atoms with Crippen LogP contribution in [0.15, 0.2) is 18.2 Å². The fourth-order valence-electron chi connectivity index (χ4n) is 2.23. The molecule has 5 nitrogen and oxygen atoms in total. The summed E-state index contributed by atoms with van der Waals surface area (Å²) in [5.74, 6) is -2.79. The van der Waals surface area contributed by atoms with Crippen LogP contribution in [0, 0.1) is 0 Å². The SMILES string of the molecule is [2H]C([2H])([2H])C1([2H])OC(=O)c2c(O)cc(O)cc2/C=C\CCCC(=O)CCC1([2H])[2H]. The van der Waals surface area contributed by atoms with Crippen molar-refractivity contribution in [3.63, 3.8) is 0 Å². The van der Waals surface area contributed by atoms with E-state index in [2.05, 4.69) is 0 Å². The van der Waals surface area contributed by atoms with Crippen molar-refractivity contribution in [2.24, 2.45) is 0 Å². The van der Waals surface area contributed by atoms with E-state index in [1.807, 2.05) is 0 Å². The third kappa shape index (κ3) is 4.84. The Kier molecular flexibility index (Phi) is 3.56. The van der Waals surface area contributed by atoms with Crippen molar-refractivity contribution in [3.8, 4) is 11.5 Å². The normalized spacial score (nSPS) is 31.7. The second-order valence-corrected chi connectivity index (χ2v) is 5.16. The number of aromatic hydroxyl groups is 2. The molecule has 1 aliphatic heterocycles. The summed E-state index contributed by atoms with van der Waals surface area (Å²) >= 11 is 0. The lowest BCUT2D eigenvalue weighted by atomic mass is 10.0. The van der Waals surface area contributed by atoms with E-state index in [0.29, 0.717) is 12.8 Å². The van der Waals surface area contributed by atoms with Gasteiger partial charge in [-0.25, -0.2) is 4.79 Å². The molecule has 0 aromatic heterocycles. The van der Waals surface area contributed by atoms with E-state index in [9.17, 15) is 19.8 Å². The van der Waals surface area contributed by atoms with E-state index in [4.69, 9.17) is 13.0 Å². The van der Waals surface area contributed by atoms with Gasteiger partial charge in [-0.05, 0) is 44.1 Å². The Labute approximate surface area is 144 Å². The molecule has 2 N–H and O–H groups in total. The van der Waals surface area contributed by atoms with Crippen LogP contribution < -0.4 is 0 Å². The Balaban J connectivity index is 2.62. The Bertz CT molecular complexity index is 833. The zero-order valence-electron chi connectivity index (χ0n) is 18.5. The molecule has 0 radical (unpaired) electrons. The van der Waals surface area contributed by atoms with Gasteiger partial charge in [-0.1, -0.05) is 12.2 Å². The van der Waals surface area contributed by atoms with Gasteiger partial charge in [-0.2, -0.15) is 0 Å². The molecule has 1 unspecified atom stereocenters. The summed E-state index contributed by atoms with van der Waals surface area (Å²) in [5.41, 5.74) is -0.492. The number of phenolic OH excluding ortho intramolecular Hbond substituents is 2. The molecule has 0 aliphatic carbocycles.